The number of hydrogen-bond donors (Lipinski definition) is 1. The SMILES string of the molecule is COC(=O)c1c(N)cnc2nc(OC)ccc12. The Morgan fingerprint density at radius 3 is 2.76 bits per heavy atom. The fraction of sp³-hybridized carbons (Fsp3) is 0.182. The molecule has 88 valence electrons. The van der Waals surface area contributed by atoms with Crippen molar-refractivity contribution >= 4 is 22.7 Å². The van der Waals surface area contributed by atoms with Gasteiger partial charge >= 0.3 is 5.97 Å². The first-order valence-electron chi connectivity index (χ1n) is 4.85. The number of nitrogens with zero attached hydrogens (tertiary/aromatic N) is 2. The molecule has 0 aliphatic carbocycles. The van der Waals surface area contributed by atoms with Crippen LogP contribution in [0, 0.1) is 0 Å². The molecule has 2 rings (SSSR count). The highest BCUT2D eigenvalue weighted by Crippen LogP contribution is 2.23. The maximum atomic E-state index is 11.6. The van der Waals surface area contributed by atoms with E-state index >= 15 is 0 Å². The first kappa shape index (κ1) is 11.1. The highest BCUT2D eigenvalue weighted by molar-refractivity contribution is 6.07. The molecule has 2 N–H and O–H groups in total. The van der Waals surface area contributed by atoms with Crippen LogP contribution in [0.1, 0.15) is 10.4 Å². The molecule has 2 heterocycles. The second kappa shape index (κ2) is 4.25. The molecule has 2 aromatic rings. The van der Waals surface area contributed by atoms with Gasteiger partial charge in [-0.3, -0.25) is 0 Å². The molecular weight excluding hydrogens is 222 g/mol. The van der Waals surface area contributed by atoms with Crippen LogP contribution < -0.4 is 10.5 Å². The van der Waals surface area contributed by atoms with Gasteiger partial charge in [-0.1, -0.05) is 0 Å². The summed E-state index contributed by atoms with van der Waals surface area (Å²) in [6, 6.07) is 3.31. The lowest BCUT2D eigenvalue weighted by Crippen LogP contribution is -2.08. The molecule has 0 unspecified atom stereocenters. The quantitative estimate of drug-likeness (QED) is 0.779. The van der Waals surface area contributed by atoms with Crippen molar-refractivity contribution < 1.29 is 14.3 Å². The summed E-state index contributed by atoms with van der Waals surface area (Å²) in [7, 11) is 2.80. The minimum absolute atomic E-state index is 0.260. The summed E-state index contributed by atoms with van der Waals surface area (Å²) in [6.45, 7) is 0. The van der Waals surface area contributed by atoms with Crippen LogP contribution in [0.3, 0.4) is 0 Å². The van der Waals surface area contributed by atoms with Gasteiger partial charge in [-0.2, -0.15) is 4.98 Å². The van der Waals surface area contributed by atoms with Gasteiger partial charge in [-0.15, -0.1) is 0 Å². The molecule has 0 amide bonds. The predicted molar refractivity (Wildman–Crippen MR) is 61.8 cm³/mol. The van der Waals surface area contributed by atoms with Gasteiger partial charge in [0.1, 0.15) is 0 Å². The highest BCUT2D eigenvalue weighted by Gasteiger charge is 2.16. The fourth-order valence-corrected chi connectivity index (χ4v) is 1.52. The van der Waals surface area contributed by atoms with Gasteiger partial charge in [-0.05, 0) is 6.07 Å². The molecule has 0 bridgehead atoms. The van der Waals surface area contributed by atoms with E-state index in [-0.39, 0.29) is 11.3 Å². The third-order valence-electron chi connectivity index (χ3n) is 2.33. The molecule has 0 fully saturated rings. The van der Waals surface area contributed by atoms with Crippen molar-refractivity contribution in [2.24, 2.45) is 0 Å². The summed E-state index contributed by atoms with van der Waals surface area (Å²) in [4.78, 5) is 19.8. The Labute approximate surface area is 97.4 Å². The zero-order valence-electron chi connectivity index (χ0n) is 9.43. The number of pyridine rings is 2. The minimum atomic E-state index is -0.512. The summed E-state index contributed by atoms with van der Waals surface area (Å²) < 4.78 is 9.66. The molecule has 0 atom stereocenters. The molecule has 0 radical (unpaired) electrons. The van der Waals surface area contributed by atoms with Gasteiger partial charge in [-0.25, -0.2) is 9.78 Å². The second-order valence-corrected chi connectivity index (χ2v) is 3.30. The van der Waals surface area contributed by atoms with Crippen LogP contribution in [-0.4, -0.2) is 30.2 Å². The monoisotopic (exact) mass is 233 g/mol. The number of nitrogens with two attached hydrogens (primary N) is 1. The number of ether oxygens (including phenoxy) is 2. The normalized spacial score (nSPS) is 10.2. The van der Waals surface area contributed by atoms with E-state index in [1.54, 1.807) is 12.1 Å². The second-order valence-electron chi connectivity index (χ2n) is 3.30. The largest absolute Gasteiger partial charge is 0.481 e. The molecule has 17 heavy (non-hydrogen) atoms. The van der Waals surface area contributed by atoms with Crippen LogP contribution >= 0.6 is 0 Å². The van der Waals surface area contributed by atoms with Gasteiger partial charge in [0.15, 0.2) is 5.65 Å². The van der Waals surface area contributed by atoms with Crippen molar-refractivity contribution in [3.8, 4) is 5.88 Å². The van der Waals surface area contributed by atoms with Gasteiger partial charge in [0.2, 0.25) is 5.88 Å². The molecule has 0 saturated heterocycles. The number of fused-ring (bicyclic) bond motifs is 1. The first-order chi connectivity index (χ1) is 8.17. The zero-order chi connectivity index (χ0) is 12.4. The van der Waals surface area contributed by atoms with Crippen molar-refractivity contribution in [3.05, 3.63) is 23.9 Å². The summed E-state index contributed by atoms with van der Waals surface area (Å²) in [5.74, 6) is -0.0903. The Morgan fingerprint density at radius 2 is 2.12 bits per heavy atom. The first-order valence-corrected chi connectivity index (χ1v) is 4.85. The molecule has 6 nitrogen and oxygen atoms in total. The molecule has 6 heteroatoms. The number of aromatic nitrogens is 2. The Bertz CT molecular complexity index is 583. The van der Waals surface area contributed by atoms with E-state index in [1.807, 2.05) is 0 Å². The summed E-state index contributed by atoms with van der Waals surface area (Å²) in [6.07, 6.45) is 1.38. The summed E-state index contributed by atoms with van der Waals surface area (Å²) in [5.41, 5.74) is 6.63. The van der Waals surface area contributed by atoms with Crippen LogP contribution in [0.25, 0.3) is 11.0 Å². The van der Waals surface area contributed by atoms with E-state index in [0.29, 0.717) is 16.9 Å². The van der Waals surface area contributed by atoms with Gasteiger partial charge in [0, 0.05) is 11.5 Å². The van der Waals surface area contributed by atoms with Crippen LogP contribution in [0.5, 0.6) is 5.88 Å². The van der Waals surface area contributed by atoms with Crippen LogP contribution in [0.4, 0.5) is 5.69 Å². The van der Waals surface area contributed by atoms with E-state index in [1.165, 1.54) is 20.4 Å². The minimum Gasteiger partial charge on any atom is -0.481 e. The number of nitrogen functional groups attached to an aromatic ring is 1. The van der Waals surface area contributed by atoms with E-state index in [4.69, 9.17) is 10.5 Å². The molecule has 0 aliphatic heterocycles. The lowest BCUT2D eigenvalue weighted by atomic mass is 10.1. The Hall–Kier alpha value is -2.37. The number of esters is 1. The third-order valence-corrected chi connectivity index (χ3v) is 2.33. The van der Waals surface area contributed by atoms with Crippen molar-refractivity contribution in [1.82, 2.24) is 9.97 Å². The molecule has 0 spiro atoms. The summed E-state index contributed by atoms with van der Waals surface area (Å²) >= 11 is 0. The van der Waals surface area contributed by atoms with Crippen molar-refractivity contribution in [2.75, 3.05) is 20.0 Å². The summed E-state index contributed by atoms with van der Waals surface area (Å²) in [5, 5.41) is 0.539. The van der Waals surface area contributed by atoms with E-state index in [2.05, 4.69) is 14.7 Å². The van der Waals surface area contributed by atoms with Crippen molar-refractivity contribution in [1.29, 1.82) is 0 Å². The molecule has 0 aliphatic rings. The van der Waals surface area contributed by atoms with Gasteiger partial charge in [0.05, 0.1) is 31.7 Å². The fourth-order valence-electron chi connectivity index (χ4n) is 1.52. The maximum absolute atomic E-state index is 11.6. The molecule has 0 aromatic carbocycles. The van der Waals surface area contributed by atoms with E-state index < -0.39 is 5.97 Å². The molecule has 0 saturated carbocycles. The van der Waals surface area contributed by atoms with Gasteiger partial charge in [0.25, 0.3) is 0 Å². The standard InChI is InChI=1S/C11H11N3O3/c1-16-8-4-3-6-9(11(15)17-2)7(12)5-13-10(6)14-8/h3-5H,12H2,1-2H3. The van der Waals surface area contributed by atoms with Crippen LogP contribution in [-0.2, 0) is 4.74 Å². The number of anilines is 1. The number of carbonyl (C=O) groups excluding carboxylic acids is 1. The smallest absolute Gasteiger partial charge is 0.340 e. The van der Waals surface area contributed by atoms with E-state index in [0.717, 1.165) is 0 Å². The molecule has 2 aromatic heterocycles. The average Bonchev–Trinajstić information content (AvgIpc) is 2.37. The van der Waals surface area contributed by atoms with Crippen LogP contribution in [0.2, 0.25) is 0 Å². The highest BCUT2D eigenvalue weighted by atomic mass is 16.5. The average molecular weight is 233 g/mol. The van der Waals surface area contributed by atoms with Crippen molar-refractivity contribution in [3.63, 3.8) is 0 Å². The van der Waals surface area contributed by atoms with Gasteiger partial charge < -0.3 is 15.2 Å². The Morgan fingerprint density at radius 1 is 1.35 bits per heavy atom. The predicted octanol–water partition coefficient (Wildman–Crippen LogP) is 1.01. The lowest BCUT2D eigenvalue weighted by Gasteiger charge is -2.07. The van der Waals surface area contributed by atoms with Crippen LogP contribution in [0.15, 0.2) is 18.3 Å². The maximum Gasteiger partial charge on any atom is 0.340 e. The Balaban J connectivity index is 2.73. The lowest BCUT2D eigenvalue weighted by molar-refractivity contribution is 0.0604. The van der Waals surface area contributed by atoms with Crippen molar-refractivity contribution in [2.45, 2.75) is 0 Å². The number of hydrogen-bond acceptors (Lipinski definition) is 6. The number of rotatable bonds is 2. The topological polar surface area (TPSA) is 87.3 Å². The Kier molecular flexibility index (Phi) is 2.78. The number of carbonyl (C=O) groups is 1. The zero-order valence-corrected chi connectivity index (χ0v) is 9.43. The molecular formula is C11H11N3O3. The van der Waals surface area contributed by atoms with E-state index in [9.17, 15) is 4.79 Å². The third kappa shape index (κ3) is 1.84. The number of methoxy groups -OCH3 is 2.